The molecule has 42 heavy (non-hydrogen) atoms. The van der Waals surface area contributed by atoms with Crippen molar-refractivity contribution >= 4 is 40.2 Å². The molecule has 1 aliphatic heterocycles. The quantitative estimate of drug-likeness (QED) is 0.246. The first kappa shape index (κ1) is 29.3. The van der Waals surface area contributed by atoms with Crippen molar-refractivity contribution < 1.29 is 18.7 Å². The summed E-state index contributed by atoms with van der Waals surface area (Å²) in [6, 6.07) is 12.4. The Balaban J connectivity index is 1.83. The third-order valence-corrected chi connectivity index (χ3v) is 8.13. The van der Waals surface area contributed by atoms with E-state index < -0.39 is 35.4 Å². The number of carbonyl (C=O) groups excluding carboxylic acids is 2. The first-order valence-corrected chi connectivity index (χ1v) is 13.9. The number of anilines is 1. The topological polar surface area (TPSA) is 108 Å². The largest absolute Gasteiger partial charge is 0.465 e. The number of nitrogens with zero attached hydrogens (tertiary/aromatic N) is 4. The predicted octanol–water partition coefficient (Wildman–Crippen LogP) is 3.20. The number of aryl methyl sites for hydroxylation is 1. The molecule has 220 valence electrons. The zero-order valence-corrected chi connectivity index (χ0v) is 24.3. The van der Waals surface area contributed by atoms with Gasteiger partial charge in [0.1, 0.15) is 22.7 Å². The first-order chi connectivity index (χ1) is 20.2. The second-order valence-corrected chi connectivity index (χ2v) is 10.7. The molecule has 1 N–H and O–H groups in total. The SMILES string of the molecule is CN[C@@H]1CCCN(c2c(C(=O)OC)c3c(c(=O)n(CC(=O)c4ccccc4)c(=O)n3C)n2Cc2cc(F)ccc2Cl)C1. The molecule has 2 aromatic carbocycles. The number of Topliss-reactive ketones (excluding diaryl/α,β-unsaturated/α-hetero) is 1. The third kappa shape index (κ3) is 5.25. The van der Waals surface area contributed by atoms with Crippen molar-refractivity contribution in [2.24, 2.45) is 7.05 Å². The molecule has 4 aromatic rings. The van der Waals surface area contributed by atoms with Gasteiger partial charge in [0.05, 0.1) is 25.7 Å². The van der Waals surface area contributed by atoms with Gasteiger partial charge in [-0.1, -0.05) is 41.9 Å². The fourth-order valence-electron chi connectivity index (χ4n) is 5.64. The summed E-state index contributed by atoms with van der Waals surface area (Å²) in [5.41, 5.74) is -0.710. The van der Waals surface area contributed by atoms with Gasteiger partial charge in [-0.15, -0.1) is 0 Å². The molecule has 1 atom stereocenters. The van der Waals surface area contributed by atoms with E-state index in [1.54, 1.807) is 34.9 Å². The second kappa shape index (κ2) is 11.9. The summed E-state index contributed by atoms with van der Waals surface area (Å²) in [5.74, 6) is -1.33. The van der Waals surface area contributed by atoms with Crippen LogP contribution in [0.3, 0.4) is 0 Å². The van der Waals surface area contributed by atoms with Crippen molar-refractivity contribution in [1.82, 2.24) is 19.0 Å². The number of benzene rings is 2. The van der Waals surface area contributed by atoms with E-state index in [1.165, 1.54) is 36.9 Å². The van der Waals surface area contributed by atoms with Crippen LogP contribution in [0, 0.1) is 5.82 Å². The number of carbonyl (C=O) groups is 2. The van der Waals surface area contributed by atoms with E-state index >= 15 is 0 Å². The standard InChI is InChI=1S/C30H31ClFN5O5/c1-33-21-10-7-13-35(16-21)27-24(29(40)42-3)25-26(36(27)15-19-14-20(32)11-12-22(19)31)28(39)37(30(41)34(25)2)17-23(38)18-8-5-4-6-9-18/h4-6,8-9,11-12,14,21,33H,7,10,13,15-17H2,1-3H3/t21-/m1/s1. The van der Waals surface area contributed by atoms with Gasteiger partial charge in [0, 0.05) is 36.8 Å². The maximum Gasteiger partial charge on any atom is 0.343 e. The molecule has 0 amide bonds. The highest BCUT2D eigenvalue weighted by atomic mass is 35.5. The van der Waals surface area contributed by atoms with Gasteiger partial charge in [0.25, 0.3) is 5.56 Å². The molecule has 0 bridgehead atoms. The van der Waals surface area contributed by atoms with Crippen LogP contribution in [0.15, 0.2) is 58.1 Å². The van der Waals surface area contributed by atoms with Crippen molar-refractivity contribution in [3.63, 3.8) is 0 Å². The summed E-state index contributed by atoms with van der Waals surface area (Å²) in [4.78, 5) is 56.3. The lowest BCUT2D eigenvalue weighted by Crippen LogP contribution is -2.45. The van der Waals surface area contributed by atoms with Crippen molar-refractivity contribution in [2.45, 2.75) is 32.0 Å². The highest BCUT2D eigenvalue weighted by Gasteiger charge is 2.34. The van der Waals surface area contributed by atoms with Gasteiger partial charge in [-0.05, 0) is 43.7 Å². The number of ketones is 1. The molecule has 0 saturated carbocycles. The van der Waals surface area contributed by atoms with Gasteiger partial charge in [-0.3, -0.25) is 18.7 Å². The zero-order chi connectivity index (χ0) is 30.1. The lowest BCUT2D eigenvalue weighted by atomic mass is 10.1. The molecule has 0 unspecified atom stereocenters. The van der Waals surface area contributed by atoms with Crippen LogP contribution in [-0.2, 0) is 24.9 Å². The van der Waals surface area contributed by atoms with Crippen LogP contribution in [0.1, 0.15) is 39.1 Å². The van der Waals surface area contributed by atoms with Crippen LogP contribution in [-0.4, -0.2) is 58.7 Å². The molecule has 10 nitrogen and oxygen atoms in total. The van der Waals surface area contributed by atoms with Gasteiger partial charge >= 0.3 is 11.7 Å². The first-order valence-electron chi connectivity index (χ1n) is 13.5. The molecule has 0 aliphatic carbocycles. The Hall–Kier alpha value is -4.22. The number of aromatic nitrogens is 3. The number of ether oxygens (including phenoxy) is 1. The molecule has 2 aromatic heterocycles. The Labute approximate surface area is 245 Å². The molecule has 12 heteroatoms. The number of nitrogens with one attached hydrogen (secondary N) is 1. The van der Waals surface area contributed by atoms with E-state index in [1.807, 2.05) is 11.9 Å². The lowest BCUT2D eigenvalue weighted by Gasteiger charge is -2.35. The number of likely N-dealkylation sites (N-methyl/N-ethyl adjacent to an activating group) is 1. The molecule has 0 radical (unpaired) electrons. The Morgan fingerprint density at radius 2 is 1.83 bits per heavy atom. The number of halogens is 2. The van der Waals surface area contributed by atoms with Gasteiger partial charge in [-0.25, -0.2) is 14.0 Å². The van der Waals surface area contributed by atoms with E-state index in [0.717, 1.165) is 17.4 Å². The Kier molecular flexibility index (Phi) is 8.33. The van der Waals surface area contributed by atoms with Gasteiger partial charge < -0.3 is 19.5 Å². The lowest BCUT2D eigenvalue weighted by molar-refractivity contribution is 0.0602. The summed E-state index contributed by atoms with van der Waals surface area (Å²) in [6.45, 7) is 0.471. The minimum absolute atomic E-state index is 0.000251. The van der Waals surface area contributed by atoms with Crippen LogP contribution < -0.4 is 21.5 Å². The molecule has 1 aliphatic rings. The monoisotopic (exact) mass is 595 g/mol. The smallest absolute Gasteiger partial charge is 0.343 e. The highest BCUT2D eigenvalue weighted by Crippen LogP contribution is 2.35. The molecular formula is C30H31ClFN5O5. The molecule has 0 spiro atoms. The molecular weight excluding hydrogens is 565 g/mol. The Bertz CT molecular complexity index is 1800. The minimum Gasteiger partial charge on any atom is -0.465 e. The minimum atomic E-state index is -0.763. The number of hydrogen-bond donors (Lipinski definition) is 1. The van der Waals surface area contributed by atoms with Crippen molar-refractivity contribution in [3.8, 4) is 0 Å². The summed E-state index contributed by atoms with van der Waals surface area (Å²) in [7, 11) is 4.52. The van der Waals surface area contributed by atoms with E-state index in [9.17, 15) is 23.6 Å². The normalized spacial score (nSPS) is 15.3. The number of fused-ring (bicyclic) bond motifs is 1. The van der Waals surface area contributed by atoms with Crippen molar-refractivity contribution in [2.75, 3.05) is 32.1 Å². The van der Waals surface area contributed by atoms with E-state index in [4.69, 9.17) is 16.3 Å². The molecule has 3 heterocycles. The molecule has 5 rings (SSSR count). The summed E-state index contributed by atoms with van der Waals surface area (Å²) >= 11 is 6.46. The average Bonchev–Trinajstić information content (AvgIpc) is 3.34. The van der Waals surface area contributed by atoms with Gasteiger partial charge in [0.15, 0.2) is 5.78 Å². The number of hydrogen-bond acceptors (Lipinski definition) is 7. The average molecular weight is 596 g/mol. The van der Waals surface area contributed by atoms with Crippen molar-refractivity contribution in [3.05, 3.63) is 96.9 Å². The zero-order valence-electron chi connectivity index (χ0n) is 23.5. The van der Waals surface area contributed by atoms with Crippen LogP contribution in [0.25, 0.3) is 11.0 Å². The van der Waals surface area contributed by atoms with E-state index in [-0.39, 0.29) is 34.2 Å². The highest BCUT2D eigenvalue weighted by molar-refractivity contribution is 6.31. The van der Waals surface area contributed by atoms with Crippen LogP contribution in [0.5, 0.6) is 0 Å². The fourth-order valence-corrected chi connectivity index (χ4v) is 5.82. The fraction of sp³-hybridized carbons (Fsp3) is 0.333. The van der Waals surface area contributed by atoms with E-state index in [0.29, 0.717) is 30.0 Å². The predicted molar refractivity (Wildman–Crippen MR) is 158 cm³/mol. The summed E-state index contributed by atoms with van der Waals surface area (Å²) in [6.07, 6.45) is 1.70. The Morgan fingerprint density at radius 3 is 2.52 bits per heavy atom. The van der Waals surface area contributed by atoms with E-state index in [2.05, 4.69) is 5.32 Å². The maximum atomic E-state index is 14.4. The second-order valence-electron chi connectivity index (χ2n) is 10.3. The number of rotatable bonds is 8. The van der Waals surface area contributed by atoms with Crippen LogP contribution >= 0.6 is 11.6 Å². The Morgan fingerprint density at radius 1 is 1.10 bits per heavy atom. The van der Waals surface area contributed by atoms with Gasteiger partial charge in [0.2, 0.25) is 0 Å². The summed E-state index contributed by atoms with van der Waals surface area (Å²) < 4.78 is 23.2. The molecule has 1 fully saturated rings. The summed E-state index contributed by atoms with van der Waals surface area (Å²) in [5, 5.41) is 3.53. The number of piperidine rings is 1. The number of esters is 1. The van der Waals surface area contributed by atoms with Crippen LogP contribution in [0.4, 0.5) is 10.2 Å². The van der Waals surface area contributed by atoms with Crippen molar-refractivity contribution in [1.29, 1.82) is 0 Å². The third-order valence-electron chi connectivity index (χ3n) is 7.76. The van der Waals surface area contributed by atoms with Gasteiger partial charge in [-0.2, -0.15) is 0 Å². The number of methoxy groups -OCH3 is 1. The van der Waals surface area contributed by atoms with Crippen LogP contribution in [0.2, 0.25) is 5.02 Å². The maximum absolute atomic E-state index is 14.4. The molecule has 1 saturated heterocycles.